The topological polar surface area (TPSA) is 145 Å². The van der Waals surface area contributed by atoms with Crippen LogP contribution in [0.5, 0.6) is 17.2 Å². The average molecular weight is 488 g/mol. The van der Waals surface area contributed by atoms with Gasteiger partial charge in [-0.2, -0.15) is 20.7 Å². The Morgan fingerprint density at radius 2 is 2.06 bits per heavy atom. The molecule has 0 unspecified atom stereocenters. The summed E-state index contributed by atoms with van der Waals surface area (Å²) in [6.07, 6.45) is 3.76. The van der Waals surface area contributed by atoms with Gasteiger partial charge in [-0.05, 0) is 49.6 Å². The van der Waals surface area contributed by atoms with E-state index >= 15 is 0 Å². The molecule has 2 aromatic rings. The maximum Gasteiger partial charge on any atom is 0.283 e. The Bertz CT molecular complexity index is 1240. The normalized spacial score (nSPS) is 12.7. The fraction of sp³-hybridized carbons (Fsp3) is 0.280. The molecule has 0 fully saturated rings. The smallest absolute Gasteiger partial charge is 0.283 e. The third kappa shape index (κ3) is 7.05. The van der Waals surface area contributed by atoms with E-state index in [9.17, 15) is 4.79 Å². The van der Waals surface area contributed by atoms with Crippen molar-refractivity contribution in [3.63, 3.8) is 0 Å². The molecule has 0 spiro atoms. The molecule has 0 radical (unpaired) electrons. The van der Waals surface area contributed by atoms with Crippen LogP contribution in [0.1, 0.15) is 31.7 Å². The van der Waals surface area contributed by atoms with Crippen molar-refractivity contribution in [2.75, 3.05) is 25.7 Å². The van der Waals surface area contributed by atoms with Crippen LogP contribution in [-0.4, -0.2) is 48.8 Å². The molecule has 0 bridgehead atoms. The van der Waals surface area contributed by atoms with E-state index < -0.39 is 0 Å². The van der Waals surface area contributed by atoms with Crippen LogP contribution in [-0.2, 0) is 9.63 Å². The summed E-state index contributed by atoms with van der Waals surface area (Å²) in [5, 5.41) is 31.0. The lowest BCUT2D eigenvalue weighted by atomic mass is 10.0. The van der Waals surface area contributed by atoms with E-state index in [1.807, 2.05) is 13.0 Å². The molecular weight excluding hydrogens is 462 g/mol. The van der Waals surface area contributed by atoms with Gasteiger partial charge in [0.15, 0.2) is 18.1 Å². The summed E-state index contributed by atoms with van der Waals surface area (Å²) in [6, 6.07) is 15.7. The highest BCUT2D eigenvalue weighted by Crippen LogP contribution is 2.34. The molecule has 1 aliphatic rings. The minimum atomic E-state index is -0.295. The largest absolute Gasteiger partial charge is 0.493 e. The minimum Gasteiger partial charge on any atom is -0.493 e. The van der Waals surface area contributed by atoms with Gasteiger partial charge >= 0.3 is 0 Å². The molecule has 1 N–H and O–H groups in total. The third-order valence-electron chi connectivity index (χ3n) is 4.90. The maximum atomic E-state index is 12.4. The van der Waals surface area contributed by atoms with Crippen LogP contribution >= 0.6 is 0 Å². The Labute approximate surface area is 208 Å². The number of hydrogen-bond acceptors (Lipinski definition) is 10. The van der Waals surface area contributed by atoms with Gasteiger partial charge in [0.25, 0.3) is 5.91 Å². The van der Waals surface area contributed by atoms with Crippen molar-refractivity contribution < 1.29 is 19.1 Å². The van der Waals surface area contributed by atoms with Gasteiger partial charge in [-0.15, -0.1) is 0 Å². The molecule has 1 amide bonds. The zero-order valence-corrected chi connectivity index (χ0v) is 20.0. The molecule has 0 aliphatic carbocycles. The lowest BCUT2D eigenvalue weighted by Gasteiger charge is -2.23. The van der Waals surface area contributed by atoms with E-state index in [4.69, 9.17) is 24.8 Å². The number of nitrogens with one attached hydrogen (secondary N) is 1. The fourth-order valence-electron chi connectivity index (χ4n) is 3.21. The summed E-state index contributed by atoms with van der Waals surface area (Å²) in [5.41, 5.74) is 4.42. The van der Waals surface area contributed by atoms with Crippen molar-refractivity contribution in [3.8, 4) is 29.4 Å². The van der Waals surface area contributed by atoms with E-state index in [1.54, 1.807) is 61.9 Å². The van der Waals surface area contributed by atoms with Crippen molar-refractivity contribution in [2.24, 2.45) is 15.4 Å². The summed E-state index contributed by atoms with van der Waals surface area (Å²) in [5.74, 6) is 1.17. The van der Waals surface area contributed by atoms with Crippen molar-refractivity contribution in [1.29, 1.82) is 10.5 Å². The van der Waals surface area contributed by atoms with Crippen LogP contribution in [0.2, 0.25) is 0 Å². The van der Waals surface area contributed by atoms with E-state index in [0.717, 1.165) is 24.1 Å². The number of amides is 1. The van der Waals surface area contributed by atoms with Crippen LogP contribution in [0, 0.1) is 22.7 Å². The summed E-state index contributed by atoms with van der Waals surface area (Å²) >= 11 is 0. The van der Waals surface area contributed by atoms with Gasteiger partial charge in [-0.25, -0.2) is 5.01 Å². The molecule has 3 rings (SSSR count). The number of carbonyl (C=O) groups is 1. The van der Waals surface area contributed by atoms with Crippen LogP contribution in [0.3, 0.4) is 0 Å². The molecule has 0 saturated heterocycles. The van der Waals surface area contributed by atoms with Crippen LogP contribution in [0.25, 0.3) is 0 Å². The fourth-order valence-corrected chi connectivity index (χ4v) is 3.21. The SMILES string of the molecule is CC/C=N/OCC(=O)N1CCCC(c2ccc(OC)c(Oc3cccc(NN=C(C#N)C#N)c3)c2)=N1. The second kappa shape index (κ2) is 13.1. The van der Waals surface area contributed by atoms with Crippen molar-refractivity contribution in [2.45, 2.75) is 26.2 Å². The summed E-state index contributed by atoms with van der Waals surface area (Å²) in [6.45, 7) is 2.25. The second-order valence-electron chi connectivity index (χ2n) is 7.43. The molecule has 0 aromatic heterocycles. The Balaban J connectivity index is 1.79. The van der Waals surface area contributed by atoms with E-state index in [2.05, 4.69) is 20.8 Å². The van der Waals surface area contributed by atoms with Crippen molar-refractivity contribution in [1.82, 2.24) is 5.01 Å². The number of hydrazone groups is 2. The average Bonchev–Trinajstić information content (AvgIpc) is 2.92. The van der Waals surface area contributed by atoms with Gasteiger partial charge in [-0.3, -0.25) is 10.2 Å². The Hall–Kier alpha value is -4.90. The Morgan fingerprint density at radius 3 is 2.81 bits per heavy atom. The standard InChI is InChI=1S/C25H25N7O4/c1-3-11-28-35-17-25(33)32-12-5-8-22(31-32)18-9-10-23(34-2)24(13-18)36-21-7-4-6-19(14-21)29-30-20(15-26)16-27/h4,6-7,9-11,13-14,29H,3,5,8,12,17H2,1-2H3/b28-11+. The molecule has 2 aromatic carbocycles. The number of nitrogens with zero attached hydrogens (tertiary/aromatic N) is 6. The summed E-state index contributed by atoms with van der Waals surface area (Å²) in [4.78, 5) is 17.5. The van der Waals surface area contributed by atoms with Crippen LogP contribution < -0.4 is 14.9 Å². The summed E-state index contributed by atoms with van der Waals surface area (Å²) < 4.78 is 11.5. The number of anilines is 1. The Morgan fingerprint density at radius 1 is 1.22 bits per heavy atom. The number of rotatable bonds is 10. The molecule has 36 heavy (non-hydrogen) atoms. The van der Waals surface area contributed by atoms with Crippen molar-refractivity contribution >= 4 is 29.2 Å². The van der Waals surface area contributed by atoms with Crippen LogP contribution in [0.4, 0.5) is 5.69 Å². The molecule has 1 heterocycles. The zero-order valence-electron chi connectivity index (χ0n) is 20.0. The number of oxime groups is 1. The first kappa shape index (κ1) is 25.7. The second-order valence-corrected chi connectivity index (χ2v) is 7.43. The molecule has 0 saturated carbocycles. The quantitative estimate of drug-likeness (QED) is 0.393. The number of hydrogen-bond donors (Lipinski definition) is 1. The first-order chi connectivity index (χ1) is 17.6. The van der Waals surface area contributed by atoms with Gasteiger partial charge in [0.2, 0.25) is 5.71 Å². The zero-order chi connectivity index (χ0) is 25.8. The number of benzene rings is 2. The number of methoxy groups -OCH3 is 1. The number of carbonyl (C=O) groups excluding carboxylic acids is 1. The van der Waals surface area contributed by atoms with Crippen molar-refractivity contribution in [3.05, 3.63) is 48.0 Å². The first-order valence-electron chi connectivity index (χ1n) is 11.2. The molecule has 0 atom stereocenters. The monoisotopic (exact) mass is 487 g/mol. The van der Waals surface area contributed by atoms with Crippen LogP contribution in [0.15, 0.2) is 57.8 Å². The Kier molecular flexibility index (Phi) is 9.36. The lowest BCUT2D eigenvalue weighted by molar-refractivity contribution is -0.136. The van der Waals surface area contributed by atoms with E-state index in [0.29, 0.717) is 35.9 Å². The van der Waals surface area contributed by atoms with E-state index in [-0.39, 0.29) is 18.2 Å². The minimum absolute atomic E-state index is 0.178. The van der Waals surface area contributed by atoms with E-state index in [1.165, 1.54) is 5.01 Å². The predicted molar refractivity (Wildman–Crippen MR) is 134 cm³/mol. The highest BCUT2D eigenvalue weighted by atomic mass is 16.6. The molecule has 184 valence electrons. The predicted octanol–water partition coefficient (Wildman–Crippen LogP) is 4.04. The lowest BCUT2D eigenvalue weighted by Crippen LogP contribution is -2.34. The highest BCUT2D eigenvalue weighted by molar-refractivity contribution is 6.10. The van der Waals surface area contributed by atoms with Gasteiger partial charge in [0.1, 0.15) is 17.9 Å². The maximum absolute atomic E-state index is 12.4. The highest BCUT2D eigenvalue weighted by Gasteiger charge is 2.21. The molecule has 11 nitrogen and oxygen atoms in total. The molecule has 1 aliphatic heterocycles. The first-order valence-corrected chi connectivity index (χ1v) is 11.2. The molecule has 11 heteroatoms. The van der Waals surface area contributed by atoms with Gasteiger partial charge in [0.05, 0.1) is 18.5 Å². The summed E-state index contributed by atoms with van der Waals surface area (Å²) in [7, 11) is 1.54. The number of nitriles is 2. The molecular formula is C25H25N7O4. The van der Waals surface area contributed by atoms with Gasteiger partial charge in [-0.1, -0.05) is 18.1 Å². The van der Waals surface area contributed by atoms with Gasteiger partial charge in [0, 0.05) is 24.4 Å². The van der Waals surface area contributed by atoms with Gasteiger partial charge < -0.3 is 14.3 Å². The third-order valence-corrected chi connectivity index (χ3v) is 4.90. The number of ether oxygens (including phenoxy) is 2.